The number of phenolic OH excluding ortho intramolecular Hbond substituents is 1. The molecule has 0 saturated heterocycles. The quantitative estimate of drug-likeness (QED) is 0.247. The van der Waals surface area contributed by atoms with Gasteiger partial charge >= 0.3 is 5.69 Å². The lowest BCUT2D eigenvalue weighted by atomic mass is 10.0. The first-order valence-corrected chi connectivity index (χ1v) is 8.21. The van der Waals surface area contributed by atoms with Crippen molar-refractivity contribution in [2.75, 3.05) is 5.43 Å². The second-order valence-corrected chi connectivity index (χ2v) is 5.74. The molecule has 0 aliphatic heterocycles. The summed E-state index contributed by atoms with van der Waals surface area (Å²) in [4.78, 5) is 31.2. The zero-order chi connectivity index (χ0) is 22.3. The molecule has 10 nitrogen and oxygen atoms in total. The Bertz CT molecular complexity index is 1020. The maximum atomic E-state index is 12.7. The van der Waals surface area contributed by atoms with Crippen LogP contribution < -0.4 is 11.3 Å². The first-order chi connectivity index (χ1) is 14.2. The van der Waals surface area contributed by atoms with Crippen molar-refractivity contribution in [3.8, 4) is 5.75 Å². The Morgan fingerprint density at radius 1 is 0.900 bits per heavy atom. The number of nitrogens with two attached hydrogens (primary N) is 1. The Morgan fingerprint density at radius 2 is 1.43 bits per heavy atom. The van der Waals surface area contributed by atoms with Crippen molar-refractivity contribution in [3.05, 3.63) is 104 Å². The summed E-state index contributed by atoms with van der Waals surface area (Å²) >= 11 is 0. The van der Waals surface area contributed by atoms with E-state index >= 15 is 0 Å². The Balaban J connectivity index is 0.000000216. The molecule has 0 atom stereocenters. The number of hydrogen-bond donors (Lipinski definition) is 3. The number of aromatic hydroxyl groups is 1. The first kappa shape index (κ1) is 21.9. The molecule has 0 aliphatic rings. The zero-order valence-electron chi connectivity index (χ0n) is 15.2. The molecule has 0 saturated carbocycles. The number of ketones is 1. The fraction of sp³-hybridized carbons (Fsp3) is 0. The summed E-state index contributed by atoms with van der Waals surface area (Å²) in [6, 6.07) is 14.4. The number of phenols is 1. The predicted octanol–water partition coefficient (Wildman–Crippen LogP) is 3.55. The summed E-state index contributed by atoms with van der Waals surface area (Å²) in [6.07, 6.45) is 0. The number of carbonyl (C=O) groups excluding carboxylic acids is 1. The third kappa shape index (κ3) is 5.56. The number of carbonyl (C=O) groups is 1. The van der Waals surface area contributed by atoms with E-state index in [1.807, 2.05) is 0 Å². The fourth-order valence-corrected chi connectivity index (χ4v) is 2.29. The van der Waals surface area contributed by atoms with Gasteiger partial charge < -0.3 is 10.5 Å². The Kier molecular flexibility index (Phi) is 7.09. The van der Waals surface area contributed by atoms with Crippen LogP contribution in [0.5, 0.6) is 5.75 Å². The molecule has 3 rings (SSSR count). The van der Waals surface area contributed by atoms with Crippen LogP contribution in [0.3, 0.4) is 0 Å². The van der Waals surface area contributed by atoms with E-state index in [1.54, 1.807) is 0 Å². The highest BCUT2D eigenvalue weighted by Gasteiger charge is 2.18. The van der Waals surface area contributed by atoms with Crippen LogP contribution in [0, 0.1) is 26.0 Å². The molecule has 0 aromatic heterocycles. The van der Waals surface area contributed by atoms with E-state index in [9.17, 15) is 29.4 Å². The molecule has 0 amide bonds. The molecule has 0 spiro atoms. The number of rotatable bonds is 5. The van der Waals surface area contributed by atoms with Crippen LogP contribution in [-0.4, -0.2) is 20.7 Å². The van der Waals surface area contributed by atoms with Crippen LogP contribution >= 0.6 is 0 Å². The van der Waals surface area contributed by atoms with Gasteiger partial charge in [0, 0.05) is 17.2 Å². The van der Waals surface area contributed by atoms with Crippen LogP contribution in [0.15, 0.2) is 66.7 Å². The van der Waals surface area contributed by atoms with Crippen molar-refractivity contribution in [1.82, 2.24) is 0 Å². The number of nitrogens with one attached hydrogen (secondary N) is 1. The van der Waals surface area contributed by atoms with Gasteiger partial charge in [0.15, 0.2) is 5.78 Å². The smallest absolute Gasteiger partial charge is 0.300 e. The first-order valence-electron chi connectivity index (χ1n) is 8.21. The van der Waals surface area contributed by atoms with E-state index in [4.69, 9.17) is 10.9 Å². The summed E-state index contributed by atoms with van der Waals surface area (Å²) in [5.41, 5.74) is 2.21. The second kappa shape index (κ2) is 9.71. The van der Waals surface area contributed by atoms with Crippen molar-refractivity contribution >= 4 is 22.8 Å². The minimum Gasteiger partial charge on any atom is -0.508 e. The highest BCUT2D eigenvalue weighted by Crippen LogP contribution is 2.27. The number of nitro groups is 2. The molecule has 11 heteroatoms. The minimum atomic E-state index is -0.748. The lowest BCUT2D eigenvalue weighted by Gasteiger charge is -2.01. The Morgan fingerprint density at radius 3 is 1.90 bits per heavy atom. The molecular weight excluding hydrogens is 399 g/mol. The molecule has 0 unspecified atom stereocenters. The van der Waals surface area contributed by atoms with Crippen LogP contribution in [-0.2, 0) is 0 Å². The lowest BCUT2D eigenvalue weighted by molar-refractivity contribution is -0.393. The summed E-state index contributed by atoms with van der Waals surface area (Å²) in [6.45, 7) is 0. The average Bonchev–Trinajstić information content (AvgIpc) is 2.74. The minimum absolute atomic E-state index is 0.0283. The number of nitrogen functional groups attached to an aromatic ring is 1. The molecule has 0 aliphatic carbocycles. The van der Waals surface area contributed by atoms with Gasteiger partial charge in [-0.3, -0.25) is 30.9 Å². The largest absolute Gasteiger partial charge is 0.508 e. The van der Waals surface area contributed by atoms with Gasteiger partial charge in [-0.1, -0.05) is 0 Å². The van der Waals surface area contributed by atoms with Gasteiger partial charge in [-0.05, 0) is 54.6 Å². The van der Waals surface area contributed by atoms with Crippen molar-refractivity contribution < 1.29 is 24.1 Å². The maximum Gasteiger partial charge on any atom is 0.300 e. The SMILES string of the molecule is NNc1ccc([N+](=O)[O-])cc1[N+](=O)[O-].O=C(c1ccc(O)cc1)c1ccc(F)cc1. The van der Waals surface area contributed by atoms with E-state index in [0.717, 1.165) is 12.1 Å². The maximum absolute atomic E-state index is 12.7. The van der Waals surface area contributed by atoms with E-state index in [0.29, 0.717) is 11.1 Å². The number of non-ortho nitro benzene ring substituents is 1. The number of nitrogens with zero attached hydrogens (tertiary/aromatic N) is 2. The molecule has 0 heterocycles. The number of anilines is 1. The van der Waals surface area contributed by atoms with Crippen LogP contribution in [0.2, 0.25) is 0 Å². The van der Waals surface area contributed by atoms with Crippen LogP contribution in [0.25, 0.3) is 0 Å². The average molecular weight is 414 g/mol. The summed E-state index contributed by atoms with van der Waals surface area (Å²) < 4.78 is 12.7. The number of hydrazine groups is 1. The zero-order valence-corrected chi connectivity index (χ0v) is 15.2. The molecule has 3 aromatic rings. The lowest BCUT2D eigenvalue weighted by Crippen LogP contribution is -2.09. The molecule has 3 aromatic carbocycles. The summed E-state index contributed by atoms with van der Waals surface area (Å²) in [7, 11) is 0. The fourth-order valence-electron chi connectivity index (χ4n) is 2.29. The Hall–Kier alpha value is -4.38. The third-order valence-corrected chi connectivity index (χ3v) is 3.78. The molecule has 0 fully saturated rings. The van der Waals surface area contributed by atoms with E-state index in [-0.39, 0.29) is 28.7 Å². The highest BCUT2D eigenvalue weighted by molar-refractivity contribution is 6.08. The van der Waals surface area contributed by atoms with Gasteiger partial charge in [0.2, 0.25) is 0 Å². The normalized spacial score (nSPS) is 9.80. The topological polar surface area (TPSA) is 162 Å². The van der Waals surface area contributed by atoms with Crippen molar-refractivity contribution in [3.63, 3.8) is 0 Å². The number of hydrogen-bond acceptors (Lipinski definition) is 8. The summed E-state index contributed by atoms with van der Waals surface area (Å²) in [5, 5.41) is 29.8. The molecule has 0 radical (unpaired) electrons. The van der Waals surface area contributed by atoms with E-state index < -0.39 is 15.5 Å². The molecule has 4 N–H and O–H groups in total. The highest BCUT2D eigenvalue weighted by atomic mass is 19.1. The van der Waals surface area contributed by atoms with E-state index in [2.05, 4.69) is 5.43 Å². The van der Waals surface area contributed by atoms with Gasteiger partial charge in [0.05, 0.1) is 15.9 Å². The van der Waals surface area contributed by atoms with Crippen molar-refractivity contribution in [1.29, 1.82) is 0 Å². The van der Waals surface area contributed by atoms with Gasteiger partial charge in [-0.25, -0.2) is 4.39 Å². The monoisotopic (exact) mass is 414 g/mol. The van der Waals surface area contributed by atoms with Gasteiger partial charge in [-0.15, -0.1) is 0 Å². The molecule has 154 valence electrons. The molecule has 0 bridgehead atoms. The Labute approximate surface area is 168 Å². The second-order valence-electron chi connectivity index (χ2n) is 5.74. The van der Waals surface area contributed by atoms with Crippen LogP contribution in [0.4, 0.5) is 21.5 Å². The number of halogens is 1. The van der Waals surface area contributed by atoms with Crippen LogP contribution in [0.1, 0.15) is 15.9 Å². The number of nitro benzene ring substituents is 2. The van der Waals surface area contributed by atoms with Crippen molar-refractivity contribution in [2.45, 2.75) is 0 Å². The van der Waals surface area contributed by atoms with Gasteiger partial charge in [0.1, 0.15) is 17.3 Å². The van der Waals surface area contributed by atoms with Gasteiger partial charge in [0.25, 0.3) is 5.69 Å². The third-order valence-electron chi connectivity index (χ3n) is 3.78. The summed E-state index contributed by atoms with van der Waals surface area (Å²) in [5.74, 6) is 4.53. The van der Waals surface area contributed by atoms with Crippen molar-refractivity contribution in [2.24, 2.45) is 5.84 Å². The predicted molar refractivity (Wildman–Crippen MR) is 106 cm³/mol. The van der Waals surface area contributed by atoms with Gasteiger partial charge in [-0.2, -0.15) is 0 Å². The standard InChI is InChI=1S/C13H9FO2.C6H6N4O4/c14-11-5-1-9(2-6-11)13(16)10-3-7-12(15)8-4-10;7-8-5-2-1-4(9(11)12)3-6(5)10(13)14/h1-8,15H;1-3,8H,7H2. The number of benzene rings is 3. The molecule has 30 heavy (non-hydrogen) atoms. The molecular formula is C19H15FN4O6. The van der Waals surface area contributed by atoms with E-state index in [1.165, 1.54) is 54.6 Å².